The number of nitrogens with one attached hydrogen (secondary N) is 8. The van der Waals surface area contributed by atoms with Gasteiger partial charge in [0.1, 0.15) is 51.6 Å². The monoisotopic (exact) mass is 1900 g/mol. The molecule has 4 amide bonds. The smallest absolute Gasteiger partial charge is 0.342 e. The van der Waals surface area contributed by atoms with E-state index >= 15 is 0 Å². The van der Waals surface area contributed by atoms with Crippen molar-refractivity contribution in [2.45, 2.75) is 52.4 Å². The average Bonchev–Trinajstić information content (AvgIpc) is 1.67. The van der Waals surface area contributed by atoms with Crippen LogP contribution in [0.5, 0.6) is 0 Å². The molecule has 24 nitrogen and oxygen atoms in total. The normalized spacial score (nSPS) is 11.7. The van der Waals surface area contributed by atoms with E-state index in [-0.39, 0.29) is 100 Å². The second-order valence-electron chi connectivity index (χ2n) is 27.8. The molecule has 10 heterocycles. The summed E-state index contributed by atoms with van der Waals surface area (Å²) in [5, 5.41) is 15.9. The number of aromatic amines is 4. The minimum atomic E-state index is -4.63. The fraction of sp³-hybridized carbons (Fsp3) is 0.0941. The van der Waals surface area contributed by atoms with Crippen LogP contribution < -0.4 is 21.3 Å². The number of rotatable bonds is 13. The molecule has 662 valence electrons. The lowest BCUT2D eigenvalue weighted by atomic mass is 10.1. The number of amides is 4. The summed E-state index contributed by atoms with van der Waals surface area (Å²) in [7, 11) is 0. The Morgan fingerprint density at radius 2 is 0.708 bits per heavy atom. The zero-order valence-corrected chi connectivity index (χ0v) is 69.5. The van der Waals surface area contributed by atoms with Crippen molar-refractivity contribution in [2.75, 3.05) is 21.3 Å². The number of benzene rings is 7. The maximum atomic E-state index is 14.0. The highest BCUT2D eigenvalue weighted by molar-refractivity contribution is 6.35. The molecule has 0 fully saturated rings. The first-order valence-corrected chi connectivity index (χ1v) is 38.9. The number of halogens is 21. The van der Waals surface area contributed by atoms with Crippen molar-refractivity contribution in [1.82, 2.24) is 74.9 Å². The van der Waals surface area contributed by atoms with E-state index < -0.39 is 94.4 Å². The summed E-state index contributed by atoms with van der Waals surface area (Å²) in [4.78, 5) is 102. The Hall–Kier alpha value is -14.5. The van der Waals surface area contributed by atoms with Crippen LogP contribution in [0.3, 0.4) is 0 Å². The number of imidazole rings is 4. The van der Waals surface area contributed by atoms with Crippen LogP contribution in [0.25, 0.3) is 101 Å². The number of pyridine rings is 5. The van der Waals surface area contributed by atoms with E-state index in [1.165, 1.54) is 82.8 Å². The van der Waals surface area contributed by atoms with Gasteiger partial charge in [-0.05, 0) is 185 Å². The quantitative estimate of drug-likeness (QED) is 0.0497. The Bertz CT molecular complexity index is 7290. The molecule has 17 aromatic rings. The first kappa shape index (κ1) is 91.7. The predicted octanol–water partition coefficient (Wildman–Crippen LogP) is 24.1. The lowest BCUT2D eigenvalue weighted by Gasteiger charge is -2.11. The highest BCUT2D eigenvalue weighted by Crippen LogP contribution is 2.40. The maximum absolute atomic E-state index is 14.0. The molecule has 8 N–H and O–H groups in total. The van der Waals surface area contributed by atoms with Crippen molar-refractivity contribution in [3.63, 3.8) is 0 Å². The van der Waals surface area contributed by atoms with Crippen LogP contribution >= 0.6 is 58.0 Å². The third-order valence-corrected chi connectivity index (χ3v) is 20.4. The second-order valence-corrected chi connectivity index (χ2v) is 29.9. The van der Waals surface area contributed by atoms with Crippen LogP contribution in [0.15, 0.2) is 187 Å². The Kier molecular flexibility index (Phi) is 25.9. The van der Waals surface area contributed by atoms with E-state index in [1.54, 1.807) is 54.6 Å². The number of H-pyrrole nitrogens is 4. The van der Waals surface area contributed by atoms with Gasteiger partial charge < -0.3 is 45.7 Å². The molecule has 0 radical (unpaired) electrons. The van der Waals surface area contributed by atoms with Crippen LogP contribution in [0.2, 0.25) is 25.1 Å². The first-order chi connectivity index (χ1) is 61.4. The van der Waals surface area contributed by atoms with E-state index in [0.717, 1.165) is 72.3 Å². The number of alkyl halides is 12. The Morgan fingerprint density at radius 1 is 0.346 bits per heavy atom. The third kappa shape index (κ3) is 20.7. The molecule has 0 bridgehead atoms. The SMILES string of the molecule is Cc1nc(C(F)(F)F)ccc1C(=O)Nc1ccc(Cl)c(-c2nc3c(F)c(F)ccc3[nH]2)c1.Cc1nc(C(F)(F)F)ccc1C(=O)Nc1ccc(Cl)c(-c2nc3cc(F)c(F)cc3[nH]2)c1.Cc1nc(C(F)(F)F)ccc1C(=O)Nc1ccc(Cl)c(-c2nc3ccc(-c4ncon4)cc3[nH]2)c1.Cc1nc(C(F)(F)F)ccc1C(=O)Nc1ccc(Cl)c(-c2nc3ncc(Cl)cc3[nH]2)c1. The summed E-state index contributed by atoms with van der Waals surface area (Å²) in [6.45, 7) is 5.27. The number of carbonyl (C=O) groups excluding carboxylic acids is 4. The van der Waals surface area contributed by atoms with Crippen LogP contribution in [0, 0.1) is 51.0 Å². The van der Waals surface area contributed by atoms with Crippen molar-refractivity contribution < 1.29 is 93.9 Å². The molecule has 0 aliphatic heterocycles. The number of anilines is 4. The number of aromatic nitrogens is 15. The predicted molar refractivity (Wildman–Crippen MR) is 450 cm³/mol. The summed E-state index contributed by atoms with van der Waals surface area (Å²) < 4.78 is 213. The highest BCUT2D eigenvalue weighted by Gasteiger charge is 2.37. The average molecular weight is 1900 g/mol. The standard InChI is InChI=1S/C23H14ClF3N6O2.2C21H12ClF5N4O.C20H12Cl2F3N5O/c1-11-14(4-7-19(29-11)23(25,26)27)22(34)30-13-3-5-16(24)15(9-13)21-31-17-6-2-12(8-18(17)32-21)20-28-10-35-33-20;1-9-11(3-7-16(28-9)21(25,26)27)20(32)29-10-2-4-13(22)12(8-10)19-30-15-6-5-14(23)17(24)18(15)31-19;1-9-11(3-5-18(28-9)21(25,26)27)20(32)29-10-2-4-13(22)12(6-10)19-30-16-7-14(23)15(24)8-17(16)31-19;1-9-12(3-5-16(27-9)20(23,24)25)19(31)28-11-2-4-14(22)13(7-11)17-29-15-6-10(21)8-26-18(15)30-17/h2-10H,1H3,(H,30,34)(H,31,32);2*2-8H,1H3,(H,29,32)(H,30,31);2-8H,1H3,(H,28,31)(H,26,29,30). The van der Waals surface area contributed by atoms with Gasteiger partial charge in [0.15, 0.2) is 28.9 Å². The van der Waals surface area contributed by atoms with Gasteiger partial charge >= 0.3 is 24.7 Å². The Morgan fingerprint density at radius 3 is 1.09 bits per heavy atom. The fourth-order valence-electron chi connectivity index (χ4n) is 12.6. The van der Waals surface area contributed by atoms with E-state index in [2.05, 4.69) is 96.2 Å². The van der Waals surface area contributed by atoms with Gasteiger partial charge in [0, 0.05) is 68.9 Å². The molecule has 0 saturated carbocycles. The lowest BCUT2D eigenvalue weighted by Crippen LogP contribution is -2.16. The van der Waals surface area contributed by atoms with E-state index in [9.17, 15) is 89.4 Å². The molecule has 0 aliphatic rings. The van der Waals surface area contributed by atoms with E-state index in [1.807, 2.05) is 6.07 Å². The van der Waals surface area contributed by atoms with Gasteiger partial charge in [-0.3, -0.25) is 19.2 Å². The van der Waals surface area contributed by atoms with Gasteiger partial charge in [-0.1, -0.05) is 63.2 Å². The topological polar surface area (TPSA) is 334 Å². The summed E-state index contributed by atoms with van der Waals surface area (Å²) in [5.41, 5.74) is 1.90. The van der Waals surface area contributed by atoms with Gasteiger partial charge in [-0.25, -0.2) is 62.4 Å². The molecule has 0 unspecified atom stereocenters. The summed E-state index contributed by atoms with van der Waals surface area (Å²) in [6, 6.07) is 36.8. The zero-order valence-electron chi connectivity index (χ0n) is 65.7. The summed E-state index contributed by atoms with van der Waals surface area (Å²) >= 11 is 31.1. The van der Waals surface area contributed by atoms with Crippen molar-refractivity contribution in [3.05, 3.63) is 299 Å². The van der Waals surface area contributed by atoms with Crippen molar-refractivity contribution in [1.29, 1.82) is 0 Å². The molecular weight excluding hydrogens is 1850 g/mol. The highest BCUT2D eigenvalue weighted by atomic mass is 35.5. The summed E-state index contributed by atoms with van der Waals surface area (Å²) in [6.07, 6.45) is -15.7. The molecule has 45 heteroatoms. The Labute approximate surface area is 742 Å². The number of hydrogen-bond donors (Lipinski definition) is 8. The molecule has 10 aromatic heterocycles. The summed E-state index contributed by atoms with van der Waals surface area (Å²) in [5.74, 6) is -5.19. The van der Waals surface area contributed by atoms with E-state index in [4.69, 9.17) is 62.5 Å². The van der Waals surface area contributed by atoms with Gasteiger partial charge in [0.2, 0.25) is 12.2 Å². The van der Waals surface area contributed by atoms with Gasteiger partial charge in [-0.2, -0.15) is 57.7 Å². The second kappa shape index (κ2) is 36.7. The number of carbonyl (C=O) groups is 4. The molecule has 0 spiro atoms. The van der Waals surface area contributed by atoms with Crippen molar-refractivity contribution >= 4 is 149 Å². The minimum Gasteiger partial charge on any atom is -0.342 e. The van der Waals surface area contributed by atoms with Gasteiger partial charge in [0.25, 0.3) is 23.6 Å². The molecule has 130 heavy (non-hydrogen) atoms. The first-order valence-electron chi connectivity index (χ1n) is 37.0. The van der Waals surface area contributed by atoms with Crippen LogP contribution in [0.4, 0.5) is 93.0 Å². The number of aryl methyl sites for hydroxylation is 4. The molecule has 0 aliphatic carbocycles. The van der Waals surface area contributed by atoms with Gasteiger partial charge in [-0.15, -0.1) is 0 Å². The number of nitrogens with zero attached hydrogens (tertiary/aromatic N) is 11. The molecule has 7 aromatic carbocycles. The van der Waals surface area contributed by atoms with Crippen LogP contribution in [-0.2, 0) is 24.7 Å². The van der Waals surface area contributed by atoms with Gasteiger partial charge in [0.05, 0.1) is 103 Å². The van der Waals surface area contributed by atoms with E-state index in [0.29, 0.717) is 88.4 Å². The molecule has 17 rings (SSSR count). The number of hydrogen-bond acceptors (Lipinski definition) is 16. The zero-order chi connectivity index (χ0) is 93.5. The fourth-order valence-corrected chi connectivity index (χ4v) is 13.6. The molecule has 0 atom stereocenters. The van der Waals surface area contributed by atoms with Crippen LogP contribution in [-0.4, -0.2) is 98.6 Å². The van der Waals surface area contributed by atoms with Crippen molar-refractivity contribution in [2.24, 2.45) is 0 Å². The van der Waals surface area contributed by atoms with Crippen molar-refractivity contribution in [3.8, 4) is 56.9 Å². The third-order valence-electron chi connectivity index (χ3n) is 18.9. The molecular formula is C85H50Cl5F16N19O5. The van der Waals surface area contributed by atoms with Crippen LogP contribution in [0.1, 0.15) is 87.0 Å². The number of fused-ring (bicyclic) bond motifs is 4. The Balaban J connectivity index is 0.000000140. The lowest BCUT2D eigenvalue weighted by molar-refractivity contribution is -0.142. The molecule has 0 saturated heterocycles. The maximum Gasteiger partial charge on any atom is 0.433 e. The minimum absolute atomic E-state index is 0.0204. The largest absolute Gasteiger partial charge is 0.433 e.